The number of nitrogens with zero attached hydrogens (tertiary/aromatic N) is 2. The van der Waals surface area contributed by atoms with Crippen molar-refractivity contribution >= 4 is 23.9 Å². The molecule has 0 spiro atoms. The van der Waals surface area contributed by atoms with Crippen molar-refractivity contribution in [2.75, 3.05) is 46.2 Å². The van der Waals surface area contributed by atoms with Crippen molar-refractivity contribution in [3.63, 3.8) is 0 Å². The van der Waals surface area contributed by atoms with Crippen LogP contribution in [0.1, 0.15) is 84.5 Å². The third kappa shape index (κ3) is 10.3. The Kier molecular flexibility index (Phi) is 15.3. The van der Waals surface area contributed by atoms with Crippen LogP contribution in [-0.4, -0.2) is 92.4 Å². The fraction of sp³-hybridized carbons (Fsp3) is 0.812. The molecule has 10 heteroatoms. The largest absolute Gasteiger partial charge is 0.381 e. The number of hydroxylamine groups is 2. The number of alkyl halides is 1. The number of likely N-dealkylation sites (N-methyl/N-ethyl adjacent to an activating group) is 1. The predicted octanol–water partition coefficient (Wildman–Crippen LogP) is 5.64. The number of allylic oxidation sites excluding steroid dienone is 1. The quantitative estimate of drug-likeness (QED) is 0.239. The van der Waals surface area contributed by atoms with Gasteiger partial charge in [-0.15, -0.1) is 0 Å². The molecule has 2 saturated heterocycles. The third-order valence-corrected chi connectivity index (χ3v) is 9.87. The molecule has 0 radical (unpaired) electrons. The zero-order valence-corrected chi connectivity index (χ0v) is 27.1. The van der Waals surface area contributed by atoms with E-state index in [2.05, 4.69) is 18.0 Å². The first-order chi connectivity index (χ1) is 20.4. The number of nitrogens with one attached hydrogen (secondary N) is 1. The molecule has 1 N–H and O–H groups in total. The van der Waals surface area contributed by atoms with Crippen LogP contribution in [0.4, 0.5) is 4.39 Å². The van der Waals surface area contributed by atoms with Crippen LogP contribution in [0.2, 0.25) is 0 Å². The molecule has 0 aromatic rings. The van der Waals surface area contributed by atoms with Crippen LogP contribution in [0.3, 0.4) is 0 Å². The first-order valence-electron chi connectivity index (χ1n) is 16.1. The molecule has 8 nitrogen and oxygen atoms in total. The first kappa shape index (κ1) is 35.0. The molecule has 3 atom stereocenters. The van der Waals surface area contributed by atoms with E-state index >= 15 is 0 Å². The average molecular weight is 612 g/mol. The van der Waals surface area contributed by atoms with E-state index in [4.69, 9.17) is 13.8 Å². The third-order valence-electron chi connectivity index (χ3n) is 9.05. The van der Waals surface area contributed by atoms with Gasteiger partial charge in [0.25, 0.3) is 0 Å². The summed E-state index contributed by atoms with van der Waals surface area (Å²) in [6.45, 7) is 10.5. The molecule has 2 aliphatic heterocycles. The van der Waals surface area contributed by atoms with Crippen molar-refractivity contribution in [1.29, 1.82) is 0 Å². The highest BCUT2D eigenvalue weighted by molar-refractivity contribution is 7.94. The monoisotopic (exact) mass is 611 g/mol. The highest BCUT2D eigenvalue weighted by Gasteiger charge is 2.42. The number of carbonyl (C=O) groups excluding carboxylic acids is 2. The molecule has 4 aliphatic rings. The Bertz CT molecular complexity index is 891. The second-order valence-electron chi connectivity index (χ2n) is 11.9. The summed E-state index contributed by atoms with van der Waals surface area (Å²) in [7, 11) is 3.55. The van der Waals surface area contributed by atoms with Crippen molar-refractivity contribution in [1.82, 2.24) is 15.3 Å². The molecule has 240 valence electrons. The van der Waals surface area contributed by atoms with Crippen molar-refractivity contribution in [2.24, 2.45) is 11.8 Å². The van der Waals surface area contributed by atoms with Gasteiger partial charge in [0.2, 0.25) is 11.8 Å². The lowest BCUT2D eigenvalue weighted by molar-refractivity contribution is -0.148. The summed E-state index contributed by atoms with van der Waals surface area (Å²) in [6.07, 6.45) is 9.61. The lowest BCUT2D eigenvalue weighted by atomic mass is 9.88. The maximum absolute atomic E-state index is 13.9. The van der Waals surface area contributed by atoms with Gasteiger partial charge < -0.3 is 19.7 Å². The Labute approximate surface area is 257 Å². The molecule has 2 amide bonds. The molecule has 2 heterocycles. The van der Waals surface area contributed by atoms with E-state index in [1.165, 1.54) is 17.6 Å². The van der Waals surface area contributed by atoms with Crippen LogP contribution in [0.5, 0.6) is 0 Å². The van der Waals surface area contributed by atoms with Crippen LogP contribution in [0.25, 0.3) is 0 Å². The van der Waals surface area contributed by atoms with Gasteiger partial charge in [-0.1, -0.05) is 32.1 Å². The zero-order chi connectivity index (χ0) is 30.5. The summed E-state index contributed by atoms with van der Waals surface area (Å²) in [4.78, 5) is 29.6. The summed E-state index contributed by atoms with van der Waals surface area (Å²) >= 11 is 1.31. The fourth-order valence-electron chi connectivity index (χ4n) is 6.36. The molecule has 4 rings (SSSR count). The Hall–Kier alpha value is -1.46. The van der Waals surface area contributed by atoms with E-state index < -0.39 is 12.2 Å². The van der Waals surface area contributed by atoms with E-state index in [0.717, 1.165) is 50.5 Å². The number of hydrogen-bond acceptors (Lipinski definition) is 7. The van der Waals surface area contributed by atoms with Crippen molar-refractivity contribution < 1.29 is 27.7 Å². The zero-order valence-electron chi connectivity index (χ0n) is 26.3. The summed E-state index contributed by atoms with van der Waals surface area (Å²) in [5.74, 6) is 1.02. The smallest absolute Gasteiger partial charge is 0.244 e. The number of halogens is 1. The van der Waals surface area contributed by atoms with Gasteiger partial charge in [0.1, 0.15) is 12.2 Å². The summed E-state index contributed by atoms with van der Waals surface area (Å²) < 4.78 is 30.4. The minimum absolute atomic E-state index is 0.00441. The summed E-state index contributed by atoms with van der Waals surface area (Å²) in [6, 6.07) is -0.906. The van der Waals surface area contributed by atoms with Gasteiger partial charge in [-0.3, -0.25) is 9.59 Å². The minimum atomic E-state index is -0.726. The maximum atomic E-state index is 13.9. The molecule has 42 heavy (non-hydrogen) atoms. The molecule has 2 saturated carbocycles. The predicted molar refractivity (Wildman–Crippen MR) is 166 cm³/mol. The van der Waals surface area contributed by atoms with Crippen LogP contribution in [-0.2, 0) is 23.3 Å². The van der Waals surface area contributed by atoms with E-state index in [0.29, 0.717) is 63.7 Å². The lowest BCUT2D eigenvalue weighted by Crippen LogP contribution is -2.60. The molecule has 0 aromatic carbocycles. The van der Waals surface area contributed by atoms with Crippen molar-refractivity contribution in [3.05, 3.63) is 23.8 Å². The molecular formula is C32H54FN3O5S. The molecule has 2 aliphatic carbocycles. The van der Waals surface area contributed by atoms with Gasteiger partial charge in [-0.2, -0.15) is 5.06 Å². The summed E-state index contributed by atoms with van der Waals surface area (Å²) in [5, 5.41) is 4.87. The van der Waals surface area contributed by atoms with E-state index in [1.807, 2.05) is 25.8 Å². The van der Waals surface area contributed by atoms with Gasteiger partial charge in [0, 0.05) is 64.7 Å². The SMILES string of the molecule is C=C1CC/C(=C\CCC(=O)N(CC2CCOCC2)C(C(=O)NCC2CCC(F)CC2)C2CSON2C)CC1OC.CC. The standard InChI is InChI=1S/C30H48FN3O5S.C2H6/c1-21-7-8-22(17-27(21)37-3)5-4-6-28(35)34(19-24-13-15-38-16-14-24)29(26-20-40-39-33(26)2)30(36)32-18-23-9-11-25(31)12-10-23;1-2/h5,23-27,29H,1,4,6-20H2,2-3H3,(H,32,36);1-2H3/b22-5+;. The summed E-state index contributed by atoms with van der Waals surface area (Å²) in [5.41, 5.74) is 2.44. The second-order valence-corrected chi connectivity index (χ2v) is 12.6. The highest BCUT2D eigenvalue weighted by atomic mass is 32.2. The topological polar surface area (TPSA) is 80.3 Å². The Morgan fingerprint density at radius 2 is 1.88 bits per heavy atom. The van der Waals surface area contributed by atoms with E-state index in [-0.39, 0.29) is 29.9 Å². The van der Waals surface area contributed by atoms with Gasteiger partial charge in [-0.05, 0) is 81.6 Å². The lowest BCUT2D eigenvalue weighted by Gasteiger charge is -2.39. The minimum Gasteiger partial charge on any atom is -0.381 e. The molecule has 3 unspecified atom stereocenters. The Balaban J connectivity index is 0.00000237. The van der Waals surface area contributed by atoms with Gasteiger partial charge >= 0.3 is 0 Å². The Morgan fingerprint density at radius 1 is 1.17 bits per heavy atom. The van der Waals surface area contributed by atoms with Crippen molar-refractivity contribution in [2.45, 2.75) is 109 Å². The number of carbonyl (C=O) groups is 2. The van der Waals surface area contributed by atoms with E-state index in [1.54, 1.807) is 12.2 Å². The molecule has 4 fully saturated rings. The molecule has 0 aromatic heterocycles. The van der Waals surface area contributed by atoms with E-state index in [9.17, 15) is 14.0 Å². The average Bonchev–Trinajstić information content (AvgIpc) is 3.43. The van der Waals surface area contributed by atoms with Gasteiger partial charge in [0.05, 0.1) is 12.1 Å². The number of rotatable bonds is 11. The maximum Gasteiger partial charge on any atom is 0.244 e. The van der Waals surface area contributed by atoms with Gasteiger partial charge in [-0.25, -0.2) is 8.67 Å². The number of methoxy groups -OCH3 is 1. The van der Waals surface area contributed by atoms with Crippen LogP contribution >= 0.6 is 12.0 Å². The van der Waals surface area contributed by atoms with Crippen LogP contribution in [0, 0.1) is 11.8 Å². The second kappa shape index (κ2) is 18.4. The number of ether oxygens (including phenoxy) is 2. The number of hydrogen-bond donors (Lipinski definition) is 1. The first-order valence-corrected chi connectivity index (χ1v) is 17.0. The van der Waals surface area contributed by atoms with Crippen LogP contribution < -0.4 is 5.32 Å². The van der Waals surface area contributed by atoms with Crippen molar-refractivity contribution in [3.8, 4) is 0 Å². The van der Waals surface area contributed by atoms with Crippen LogP contribution in [0.15, 0.2) is 23.8 Å². The fourth-order valence-corrected chi connectivity index (χ4v) is 7.23. The molecular weight excluding hydrogens is 557 g/mol. The number of amides is 2. The molecule has 0 bridgehead atoms. The Morgan fingerprint density at radius 3 is 2.52 bits per heavy atom. The normalized spacial score (nSPS) is 29.1. The van der Waals surface area contributed by atoms with Gasteiger partial charge in [0.15, 0.2) is 0 Å². The highest BCUT2D eigenvalue weighted by Crippen LogP contribution is 2.31.